The number of aromatic nitrogens is 2. The fraction of sp³-hybridized carbons (Fsp3) is 0.429. The molecule has 0 fully saturated rings. The van der Waals surface area contributed by atoms with E-state index in [2.05, 4.69) is 15.3 Å². The first-order valence-electron chi connectivity index (χ1n) is 3.95. The van der Waals surface area contributed by atoms with Gasteiger partial charge in [-0.15, -0.1) is 0 Å². The molecule has 13 heavy (non-hydrogen) atoms. The zero-order valence-electron chi connectivity index (χ0n) is 7.87. The molecular formula is C7H12BN3O2. The number of rotatable bonds is 2. The zero-order chi connectivity index (χ0) is 10.0. The van der Waals surface area contributed by atoms with Gasteiger partial charge >= 0.3 is 7.12 Å². The molecule has 3 N–H and O–H groups in total. The summed E-state index contributed by atoms with van der Waals surface area (Å²) in [7, 11) is 0.203. The molecule has 6 heteroatoms. The Morgan fingerprint density at radius 3 is 1.92 bits per heavy atom. The van der Waals surface area contributed by atoms with E-state index < -0.39 is 7.12 Å². The van der Waals surface area contributed by atoms with Crippen molar-refractivity contribution in [2.75, 3.05) is 12.4 Å². The van der Waals surface area contributed by atoms with E-state index in [0.717, 1.165) is 0 Å². The van der Waals surface area contributed by atoms with Crippen molar-refractivity contribution in [3.63, 3.8) is 0 Å². The number of nitrogens with zero attached hydrogens (tertiary/aromatic N) is 2. The highest BCUT2D eigenvalue weighted by molar-refractivity contribution is 6.59. The number of hydrogen-bond acceptors (Lipinski definition) is 5. The standard InChI is InChI=1S/C7H12BN3O2/c1-4-6(8(12)13)5(2)11-7(9-3)10-4/h12-13H,1-3H3,(H,9,10,11). The molecule has 0 saturated heterocycles. The summed E-state index contributed by atoms with van der Waals surface area (Å²) in [5.41, 5.74) is 1.53. The first kappa shape index (κ1) is 9.95. The van der Waals surface area contributed by atoms with Gasteiger partial charge in [0.15, 0.2) is 0 Å². The second-order valence-electron chi connectivity index (χ2n) is 2.76. The van der Waals surface area contributed by atoms with Crippen molar-refractivity contribution in [1.82, 2.24) is 9.97 Å². The average molecular weight is 181 g/mol. The summed E-state index contributed by atoms with van der Waals surface area (Å²) in [6, 6.07) is 0. The molecule has 0 amide bonds. The molecule has 0 aliphatic carbocycles. The van der Waals surface area contributed by atoms with Gasteiger partial charge in [-0.1, -0.05) is 0 Å². The van der Waals surface area contributed by atoms with Gasteiger partial charge in [0.1, 0.15) is 0 Å². The van der Waals surface area contributed by atoms with E-state index in [1.807, 2.05) is 0 Å². The van der Waals surface area contributed by atoms with Crippen LogP contribution in [-0.4, -0.2) is 34.2 Å². The van der Waals surface area contributed by atoms with E-state index in [4.69, 9.17) is 10.0 Å². The summed E-state index contributed by atoms with van der Waals surface area (Å²) < 4.78 is 0. The molecular weight excluding hydrogens is 169 g/mol. The van der Waals surface area contributed by atoms with Crippen LogP contribution in [0.15, 0.2) is 0 Å². The van der Waals surface area contributed by atoms with Crippen molar-refractivity contribution in [2.24, 2.45) is 0 Å². The van der Waals surface area contributed by atoms with Crippen molar-refractivity contribution in [2.45, 2.75) is 13.8 Å². The molecule has 0 atom stereocenters. The lowest BCUT2D eigenvalue weighted by Crippen LogP contribution is -2.36. The van der Waals surface area contributed by atoms with E-state index >= 15 is 0 Å². The Labute approximate surface area is 77.0 Å². The number of aryl methyl sites for hydroxylation is 2. The number of anilines is 1. The summed E-state index contributed by atoms with van der Waals surface area (Å²) in [6.45, 7) is 3.43. The third-order valence-electron chi connectivity index (χ3n) is 1.81. The number of nitrogens with one attached hydrogen (secondary N) is 1. The third-order valence-corrected chi connectivity index (χ3v) is 1.81. The summed E-state index contributed by atoms with van der Waals surface area (Å²) in [4.78, 5) is 8.06. The minimum atomic E-state index is -1.51. The van der Waals surface area contributed by atoms with Crippen molar-refractivity contribution in [3.8, 4) is 0 Å². The Kier molecular flexibility index (Phi) is 2.85. The maximum atomic E-state index is 9.00. The molecule has 1 aromatic heterocycles. The van der Waals surface area contributed by atoms with Crippen LogP contribution in [0.25, 0.3) is 0 Å². The molecule has 0 radical (unpaired) electrons. The Morgan fingerprint density at radius 2 is 1.62 bits per heavy atom. The molecule has 1 heterocycles. The fourth-order valence-corrected chi connectivity index (χ4v) is 1.21. The average Bonchev–Trinajstić information content (AvgIpc) is 2.02. The van der Waals surface area contributed by atoms with Gasteiger partial charge in [-0.25, -0.2) is 9.97 Å². The van der Waals surface area contributed by atoms with Gasteiger partial charge in [-0.3, -0.25) is 0 Å². The third kappa shape index (κ3) is 1.96. The number of hydrogen-bond donors (Lipinski definition) is 3. The van der Waals surface area contributed by atoms with Crippen LogP contribution < -0.4 is 10.8 Å². The highest BCUT2D eigenvalue weighted by atomic mass is 16.4. The summed E-state index contributed by atoms with van der Waals surface area (Å²) >= 11 is 0. The van der Waals surface area contributed by atoms with E-state index in [9.17, 15) is 0 Å². The Balaban J connectivity index is 3.23. The lowest BCUT2D eigenvalue weighted by Gasteiger charge is -2.08. The SMILES string of the molecule is CNc1nc(C)c(B(O)O)c(C)n1. The molecule has 0 spiro atoms. The van der Waals surface area contributed by atoms with Crippen molar-refractivity contribution in [1.29, 1.82) is 0 Å². The van der Waals surface area contributed by atoms with Crippen LogP contribution in [0.4, 0.5) is 5.95 Å². The van der Waals surface area contributed by atoms with Crippen LogP contribution in [0.3, 0.4) is 0 Å². The summed E-state index contributed by atoms with van der Waals surface area (Å²) in [5, 5.41) is 20.8. The summed E-state index contributed by atoms with van der Waals surface area (Å²) in [6.07, 6.45) is 0. The van der Waals surface area contributed by atoms with Gasteiger partial charge in [0, 0.05) is 23.9 Å². The minimum absolute atomic E-state index is 0.374. The normalized spacial score (nSPS) is 9.92. The van der Waals surface area contributed by atoms with E-state index in [0.29, 0.717) is 22.8 Å². The maximum absolute atomic E-state index is 9.00. The molecule has 0 aliphatic rings. The predicted octanol–water partition coefficient (Wildman–Crippen LogP) is -1.19. The minimum Gasteiger partial charge on any atom is -0.423 e. The second kappa shape index (κ2) is 3.72. The molecule has 0 unspecified atom stereocenters. The highest BCUT2D eigenvalue weighted by Crippen LogP contribution is 2.01. The smallest absolute Gasteiger partial charge is 0.423 e. The van der Waals surface area contributed by atoms with Crippen LogP contribution in [0.2, 0.25) is 0 Å². The second-order valence-corrected chi connectivity index (χ2v) is 2.76. The first-order chi connectivity index (χ1) is 6.06. The van der Waals surface area contributed by atoms with Crippen molar-refractivity contribution < 1.29 is 10.0 Å². The van der Waals surface area contributed by atoms with Gasteiger partial charge in [-0.05, 0) is 13.8 Å². The fourth-order valence-electron chi connectivity index (χ4n) is 1.21. The van der Waals surface area contributed by atoms with Gasteiger partial charge in [0.25, 0.3) is 0 Å². The van der Waals surface area contributed by atoms with Crippen LogP contribution in [0.5, 0.6) is 0 Å². The van der Waals surface area contributed by atoms with E-state index in [-0.39, 0.29) is 0 Å². The zero-order valence-corrected chi connectivity index (χ0v) is 7.87. The summed E-state index contributed by atoms with van der Waals surface area (Å²) in [5.74, 6) is 0.486. The van der Waals surface area contributed by atoms with Crippen molar-refractivity contribution in [3.05, 3.63) is 11.4 Å². The quantitative estimate of drug-likeness (QED) is 0.500. The monoisotopic (exact) mass is 181 g/mol. The molecule has 0 aromatic carbocycles. The predicted molar refractivity (Wildman–Crippen MR) is 50.9 cm³/mol. The molecule has 1 rings (SSSR count). The van der Waals surface area contributed by atoms with E-state index in [1.54, 1.807) is 20.9 Å². The van der Waals surface area contributed by atoms with Crippen LogP contribution >= 0.6 is 0 Å². The lowest BCUT2D eigenvalue weighted by atomic mass is 9.78. The lowest BCUT2D eigenvalue weighted by molar-refractivity contribution is 0.425. The van der Waals surface area contributed by atoms with Crippen LogP contribution in [-0.2, 0) is 0 Å². The van der Waals surface area contributed by atoms with Gasteiger partial charge in [-0.2, -0.15) is 0 Å². The molecule has 1 aromatic rings. The van der Waals surface area contributed by atoms with Crippen LogP contribution in [0.1, 0.15) is 11.4 Å². The van der Waals surface area contributed by atoms with Crippen LogP contribution in [0, 0.1) is 13.8 Å². The molecule has 0 bridgehead atoms. The van der Waals surface area contributed by atoms with Gasteiger partial charge in [0.05, 0.1) is 0 Å². The van der Waals surface area contributed by atoms with Gasteiger partial charge in [0.2, 0.25) is 5.95 Å². The Morgan fingerprint density at radius 1 is 1.15 bits per heavy atom. The highest BCUT2D eigenvalue weighted by Gasteiger charge is 2.19. The molecule has 0 saturated carbocycles. The molecule has 0 aliphatic heterocycles. The Bertz CT molecular complexity index is 294. The molecule has 5 nitrogen and oxygen atoms in total. The van der Waals surface area contributed by atoms with Crippen molar-refractivity contribution >= 4 is 18.5 Å². The topological polar surface area (TPSA) is 78.3 Å². The Hall–Kier alpha value is -1.14. The maximum Gasteiger partial charge on any atom is 0.492 e. The van der Waals surface area contributed by atoms with Gasteiger partial charge < -0.3 is 15.4 Å². The largest absolute Gasteiger partial charge is 0.492 e. The molecule has 70 valence electrons. The van der Waals surface area contributed by atoms with E-state index in [1.165, 1.54) is 0 Å². The first-order valence-corrected chi connectivity index (χ1v) is 3.95.